The Kier molecular flexibility index (Phi) is 6.18. The van der Waals surface area contributed by atoms with Crippen LogP contribution in [-0.2, 0) is 0 Å². The van der Waals surface area contributed by atoms with Crippen LogP contribution in [0.15, 0.2) is 46.9 Å². The smallest absolute Gasteiger partial charge is 0.139 e. The molecule has 0 saturated carbocycles. The van der Waals surface area contributed by atoms with Crippen molar-refractivity contribution < 1.29 is 9.84 Å². The molecule has 0 heterocycles. The molecule has 0 radical (unpaired) electrons. The lowest BCUT2D eigenvalue weighted by Crippen LogP contribution is -2.26. The summed E-state index contributed by atoms with van der Waals surface area (Å²) in [5, 5.41) is 14.1. The summed E-state index contributed by atoms with van der Waals surface area (Å²) in [5.41, 5.74) is 0.914. The summed E-state index contributed by atoms with van der Waals surface area (Å²) in [6.07, 6.45) is -0.674. The number of nitrogens with one attached hydrogen (secondary N) is 1. The van der Waals surface area contributed by atoms with Crippen molar-refractivity contribution in [3.8, 4) is 5.75 Å². The quantitative estimate of drug-likeness (QED) is 0.756. The maximum atomic E-state index is 9.94. The van der Waals surface area contributed by atoms with E-state index in [2.05, 4.69) is 21.2 Å². The summed E-state index contributed by atoms with van der Waals surface area (Å²) in [5.74, 6) is 0.462. The lowest BCUT2D eigenvalue weighted by molar-refractivity contribution is 0.117. The predicted molar refractivity (Wildman–Crippen MR) is 90.6 cm³/mol. The Morgan fingerprint density at radius 2 is 1.95 bits per heavy atom. The zero-order valence-corrected chi connectivity index (χ0v) is 14.1. The summed E-state index contributed by atoms with van der Waals surface area (Å²) in [4.78, 5) is 0. The fourth-order valence-corrected chi connectivity index (χ4v) is 2.42. The maximum Gasteiger partial charge on any atom is 0.139 e. The molecular weight excluding hydrogens is 377 g/mol. The first-order valence-electron chi connectivity index (χ1n) is 6.30. The number of benzene rings is 2. The van der Waals surface area contributed by atoms with Gasteiger partial charge in [-0.2, -0.15) is 0 Å². The minimum atomic E-state index is -0.674. The molecule has 0 fully saturated rings. The van der Waals surface area contributed by atoms with E-state index in [-0.39, 0.29) is 6.61 Å². The van der Waals surface area contributed by atoms with Crippen LogP contribution in [0.4, 0.5) is 5.69 Å². The van der Waals surface area contributed by atoms with Crippen LogP contribution in [0.1, 0.15) is 0 Å². The second-order valence-electron chi connectivity index (χ2n) is 4.40. The summed E-state index contributed by atoms with van der Waals surface area (Å²) in [7, 11) is 0. The van der Waals surface area contributed by atoms with Crippen LogP contribution < -0.4 is 10.1 Å². The molecule has 0 aromatic heterocycles. The largest absolute Gasteiger partial charge is 0.489 e. The van der Waals surface area contributed by atoms with E-state index in [1.54, 1.807) is 18.2 Å². The van der Waals surface area contributed by atoms with Gasteiger partial charge in [-0.15, -0.1) is 0 Å². The van der Waals surface area contributed by atoms with E-state index >= 15 is 0 Å². The van der Waals surface area contributed by atoms with Gasteiger partial charge < -0.3 is 15.2 Å². The number of anilines is 1. The highest BCUT2D eigenvalue weighted by Crippen LogP contribution is 2.27. The van der Waals surface area contributed by atoms with Gasteiger partial charge in [0.05, 0.1) is 5.02 Å². The Morgan fingerprint density at radius 3 is 2.71 bits per heavy atom. The molecule has 0 bridgehead atoms. The van der Waals surface area contributed by atoms with Crippen LogP contribution in [0.3, 0.4) is 0 Å². The second-order valence-corrected chi connectivity index (χ2v) is 6.10. The first kappa shape index (κ1) is 16.4. The zero-order valence-electron chi connectivity index (χ0n) is 11.0. The average molecular weight is 391 g/mol. The van der Waals surface area contributed by atoms with Gasteiger partial charge in [-0.3, -0.25) is 0 Å². The lowest BCUT2D eigenvalue weighted by atomic mass is 10.3. The highest BCUT2D eigenvalue weighted by atomic mass is 79.9. The van der Waals surface area contributed by atoms with E-state index in [4.69, 9.17) is 27.9 Å². The van der Waals surface area contributed by atoms with Crippen molar-refractivity contribution in [2.24, 2.45) is 0 Å². The fourth-order valence-electron chi connectivity index (χ4n) is 1.67. The number of halogens is 3. The predicted octanol–water partition coefficient (Wildman–Crippen LogP) is 4.61. The third kappa shape index (κ3) is 5.08. The fraction of sp³-hybridized carbons (Fsp3) is 0.200. The van der Waals surface area contributed by atoms with Crippen LogP contribution in [0.5, 0.6) is 5.75 Å². The second kappa shape index (κ2) is 7.90. The molecule has 2 aromatic carbocycles. The van der Waals surface area contributed by atoms with Gasteiger partial charge in [0.25, 0.3) is 0 Å². The number of hydrogen-bond acceptors (Lipinski definition) is 3. The van der Waals surface area contributed by atoms with Crippen molar-refractivity contribution in [3.63, 3.8) is 0 Å². The van der Waals surface area contributed by atoms with Crippen LogP contribution in [0, 0.1) is 0 Å². The number of ether oxygens (including phenoxy) is 1. The normalized spacial score (nSPS) is 12.0. The number of para-hydroxylation sites is 1. The molecule has 0 amide bonds. The summed E-state index contributed by atoms with van der Waals surface area (Å²) < 4.78 is 6.42. The van der Waals surface area contributed by atoms with E-state index in [1.807, 2.05) is 24.3 Å². The van der Waals surface area contributed by atoms with E-state index in [0.29, 0.717) is 22.3 Å². The third-order valence-electron chi connectivity index (χ3n) is 2.73. The van der Waals surface area contributed by atoms with Crippen molar-refractivity contribution in [3.05, 3.63) is 57.0 Å². The molecule has 2 rings (SSSR count). The minimum absolute atomic E-state index is 0.123. The van der Waals surface area contributed by atoms with Crippen molar-refractivity contribution >= 4 is 44.8 Å². The summed E-state index contributed by atoms with van der Waals surface area (Å²) in [6.45, 7) is 0.484. The molecule has 1 unspecified atom stereocenters. The zero-order chi connectivity index (χ0) is 15.2. The number of hydrogen-bond donors (Lipinski definition) is 2. The molecule has 1 atom stereocenters. The van der Waals surface area contributed by atoms with Crippen molar-refractivity contribution in [2.45, 2.75) is 6.10 Å². The van der Waals surface area contributed by atoms with Crippen molar-refractivity contribution in [2.75, 3.05) is 18.5 Å². The highest BCUT2D eigenvalue weighted by molar-refractivity contribution is 9.10. The highest BCUT2D eigenvalue weighted by Gasteiger charge is 2.09. The lowest BCUT2D eigenvalue weighted by Gasteiger charge is -2.15. The topological polar surface area (TPSA) is 41.5 Å². The Morgan fingerprint density at radius 1 is 1.19 bits per heavy atom. The van der Waals surface area contributed by atoms with E-state index in [9.17, 15) is 5.11 Å². The van der Waals surface area contributed by atoms with E-state index < -0.39 is 6.10 Å². The van der Waals surface area contributed by atoms with Gasteiger partial charge in [-0.05, 0) is 40.2 Å². The number of aliphatic hydroxyl groups is 1. The van der Waals surface area contributed by atoms with Gasteiger partial charge in [-0.1, -0.05) is 35.3 Å². The number of rotatable bonds is 6. The monoisotopic (exact) mass is 389 g/mol. The average Bonchev–Trinajstić information content (AvgIpc) is 2.47. The number of aliphatic hydroxyl groups excluding tert-OH is 1. The molecule has 0 aliphatic carbocycles. The SMILES string of the molecule is OC(CNc1ccccc1Br)COc1cc(Cl)ccc1Cl. The molecule has 2 N–H and O–H groups in total. The molecule has 3 nitrogen and oxygen atoms in total. The molecule has 6 heteroatoms. The van der Waals surface area contributed by atoms with Gasteiger partial charge in [-0.25, -0.2) is 0 Å². The Bertz CT molecular complexity index is 610. The third-order valence-corrected chi connectivity index (χ3v) is 3.97. The van der Waals surface area contributed by atoms with Crippen LogP contribution in [-0.4, -0.2) is 24.4 Å². The minimum Gasteiger partial charge on any atom is -0.489 e. The van der Waals surface area contributed by atoms with Gasteiger partial charge in [0.2, 0.25) is 0 Å². The summed E-state index contributed by atoms with van der Waals surface area (Å²) in [6, 6.07) is 12.7. The van der Waals surface area contributed by atoms with Crippen molar-refractivity contribution in [1.82, 2.24) is 0 Å². The first-order chi connectivity index (χ1) is 10.1. The van der Waals surface area contributed by atoms with Gasteiger partial charge in [0.15, 0.2) is 0 Å². The molecule has 2 aromatic rings. The molecule has 0 aliphatic heterocycles. The van der Waals surface area contributed by atoms with Crippen molar-refractivity contribution in [1.29, 1.82) is 0 Å². The molecule has 0 spiro atoms. The van der Waals surface area contributed by atoms with Gasteiger partial charge in [0.1, 0.15) is 18.5 Å². The van der Waals surface area contributed by atoms with Gasteiger partial charge in [0, 0.05) is 27.8 Å². The standard InChI is InChI=1S/C15H14BrCl2NO2/c16-12-3-1-2-4-14(12)19-8-11(20)9-21-15-7-10(17)5-6-13(15)18/h1-7,11,19-20H,8-9H2. The first-order valence-corrected chi connectivity index (χ1v) is 7.85. The van der Waals surface area contributed by atoms with Crippen LogP contribution in [0.25, 0.3) is 0 Å². The Hall–Kier alpha value is -0.940. The molecule has 112 valence electrons. The molecular formula is C15H14BrCl2NO2. The van der Waals surface area contributed by atoms with Gasteiger partial charge >= 0.3 is 0 Å². The Balaban J connectivity index is 1.84. The molecule has 0 aliphatic rings. The van der Waals surface area contributed by atoms with E-state index in [1.165, 1.54) is 0 Å². The Labute approximate surface area is 142 Å². The van der Waals surface area contributed by atoms with Crippen LogP contribution in [0.2, 0.25) is 10.0 Å². The van der Waals surface area contributed by atoms with Crippen LogP contribution >= 0.6 is 39.1 Å². The maximum absolute atomic E-state index is 9.94. The van der Waals surface area contributed by atoms with E-state index in [0.717, 1.165) is 10.2 Å². The molecule has 21 heavy (non-hydrogen) atoms. The summed E-state index contributed by atoms with van der Waals surface area (Å²) >= 11 is 15.3. The molecule has 0 saturated heterocycles.